The lowest BCUT2D eigenvalue weighted by Gasteiger charge is -2.25. The van der Waals surface area contributed by atoms with E-state index in [0.29, 0.717) is 22.5 Å². The number of hydrogen-bond acceptors (Lipinski definition) is 4. The second kappa shape index (κ2) is 5.62. The summed E-state index contributed by atoms with van der Waals surface area (Å²) < 4.78 is 6.10. The van der Waals surface area contributed by atoms with E-state index in [1.807, 2.05) is 43.4 Å². The first-order valence-corrected chi connectivity index (χ1v) is 6.15. The first-order valence-electron chi connectivity index (χ1n) is 5.07. The molecular formula is C10H16IN3O2. The van der Waals surface area contributed by atoms with Gasteiger partial charge in [-0.05, 0) is 43.4 Å². The van der Waals surface area contributed by atoms with Crippen molar-refractivity contribution in [3.05, 3.63) is 20.3 Å². The first-order chi connectivity index (χ1) is 7.46. The molecule has 5 nitrogen and oxygen atoms in total. The quantitative estimate of drug-likeness (QED) is 0.801. The summed E-state index contributed by atoms with van der Waals surface area (Å²) in [6.07, 6.45) is 1.39. The predicted octanol–water partition coefficient (Wildman–Crippen LogP) is 1.60. The third-order valence-corrected chi connectivity index (χ3v) is 3.01. The van der Waals surface area contributed by atoms with E-state index >= 15 is 0 Å². The number of ether oxygens (including phenoxy) is 1. The Hall–Kier alpha value is -0.630. The molecule has 16 heavy (non-hydrogen) atoms. The van der Waals surface area contributed by atoms with Crippen molar-refractivity contribution in [2.75, 3.05) is 18.5 Å². The highest BCUT2D eigenvalue weighted by Crippen LogP contribution is 2.13. The maximum Gasteiger partial charge on any atom is 0.266 e. The molecule has 0 saturated carbocycles. The first kappa shape index (κ1) is 13.4. The van der Waals surface area contributed by atoms with Gasteiger partial charge in [0.2, 0.25) is 0 Å². The molecule has 0 spiro atoms. The SMILES string of the molecule is CCOC(C)(C)CNc1nc[nH]c(=O)c1I. The van der Waals surface area contributed by atoms with Crippen LogP contribution < -0.4 is 10.9 Å². The van der Waals surface area contributed by atoms with E-state index in [9.17, 15) is 4.79 Å². The van der Waals surface area contributed by atoms with Gasteiger partial charge in [-0.15, -0.1) is 0 Å². The lowest BCUT2D eigenvalue weighted by Crippen LogP contribution is -2.34. The number of aromatic amines is 1. The Kier molecular flexibility index (Phi) is 4.72. The van der Waals surface area contributed by atoms with Crippen molar-refractivity contribution in [2.24, 2.45) is 0 Å². The van der Waals surface area contributed by atoms with Crippen molar-refractivity contribution in [1.29, 1.82) is 0 Å². The lowest BCUT2D eigenvalue weighted by atomic mass is 10.1. The molecule has 1 heterocycles. The Morgan fingerprint density at radius 2 is 2.31 bits per heavy atom. The highest BCUT2D eigenvalue weighted by atomic mass is 127. The zero-order valence-corrected chi connectivity index (χ0v) is 11.8. The molecule has 0 amide bonds. The molecule has 1 aromatic rings. The Balaban J connectivity index is 2.68. The van der Waals surface area contributed by atoms with Crippen LogP contribution in [0, 0.1) is 3.57 Å². The number of nitrogens with one attached hydrogen (secondary N) is 2. The zero-order valence-electron chi connectivity index (χ0n) is 9.63. The Bertz CT molecular complexity index is 403. The second-order valence-corrected chi connectivity index (χ2v) is 5.02. The number of nitrogens with zero attached hydrogens (tertiary/aromatic N) is 1. The Morgan fingerprint density at radius 3 is 2.94 bits per heavy atom. The summed E-state index contributed by atoms with van der Waals surface area (Å²) in [5, 5.41) is 3.12. The average Bonchev–Trinajstić information content (AvgIpc) is 2.20. The molecule has 0 aliphatic rings. The number of rotatable bonds is 5. The van der Waals surface area contributed by atoms with Crippen LogP contribution >= 0.6 is 22.6 Å². The molecule has 0 atom stereocenters. The highest BCUT2D eigenvalue weighted by Gasteiger charge is 2.18. The average molecular weight is 337 g/mol. The summed E-state index contributed by atoms with van der Waals surface area (Å²) in [6, 6.07) is 0. The van der Waals surface area contributed by atoms with E-state index in [-0.39, 0.29) is 11.2 Å². The summed E-state index contributed by atoms with van der Waals surface area (Å²) in [5.74, 6) is 0.595. The maximum absolute atomic E-state index is 11.3. The van der Waals surface area contributed by atoms with Gasteiger partial charge in [0.15, 0.2) is 0 Å². The number of H-pyrrole nitrogens is 1. The van der Waals surface area contributed by atoms with Gasteiger partial charge in [-0.25, -0.2) is 4.98 Å². The molecule has 0 aliphatic heterocycles. The van der Waals surface area contributed by atoms with Crippen molar-refractivity contribution < 1.29 is 4.74 Å². The van der Waals surface area contributed by atoms with Gasteiger partial charge in [-0.2, -0.15) is 0 Å². The Morgan fingerprint density at radius 1 is 1.62 bits per heavy atom. The molecule has 0 fully saturated rings. The summed E-state index contributed by atoms with van der Waals surface area (Å²) in [7, 11) is 0. The van der Waals surface area contributed by atoms with Crippen LogP contribution in [0.15, 0.2) is 11.1 Å². The summed E-state index contributed by atoms with van der Waals surface area (Å²) >= 11 is 1.97. The molecule has 0 aliphatic carbocycles. The van der Waals surface area contributed by atoms with Crippen molar-refractivity contribution in [1.82, 2.24) is 9.97 Å². The third kappa shape index (κ3) is 3.75. The van der Waals surface area contributed by atoms with E-state index in [0.717, 1.165) is 0 Å². The number of hydrogen-bond donors (Lipinski definition) is 2. The van der Waals surface area contributed by atoms with Gasteiger partial charge in [-0.1, -0.05) is 0 Å². The smallest absolute Gasteiger partial charge is 0.266 e. The molecule has 6 heteroatoms. The maximum atomic E-state index is 11.3. The van der Waals surface area contributed by atoms with Crippen LogP contribution in [-0.2, 0) is 4.74 Å². The summed E-state index contributed by atoms with van der Waals surface area (Å²) in [4.78, 5) is 17.9. The molecule has 0 aromatic carbocycles. The molecule has 0 radical (unpaired) electrons. The number of aromatic nitrogens is 2. The van der Waals surface area contributed by atoms with E-state index in [1.165, 1.54) is 6.33 Å². The summed E-state index contributed by atoms with van der Waals surface area (Å²) in [6.45, 7) is 7.20. The second-order valence-electron chi connectivity index (χ2n) is 3.94. The molecule has 1 rings (SSSR count). The fourth-order valence-corrected chi connectivity index (χ4v) is 1.73. The largest absolute Gasteiger partial charge is 0.374 e. The van der Waals surface area contributed by atoms with Gasteiger partial charge < -0.3 is 15.0 Å². The van der Waals surface area contributed by atoms with Gasteiger partial charge in [0.25, 0.3) is 5.56 Å². The van der Waals surface area contributed by atoms with Crippen LogP contribution in [-0.4, -0.2) is 28.7 Å². The van der Waals surface area contributed by atoms with Gasteiger partial charge in [0.1, 0.15) is 9.39 Å². The van der Waals surface area contributed by atoms with E-state index < -0.39 is 0 Å². The molecule has 2 N–H and O–H groups in total. The van der Waals surface area contributed by atoms with Gasteiger partial charge in [-0.3, -0.25) is 4.79 Å². The van der Waals surface area contributed by atoms with Gasteiger partial charge in [0.05, 0.1) is 11.9 Å². The minimum Gasteiger partial charge on any atom is -0.374 e. The van der Waals surface area contributed by atoms with Crippen molar-refractivity contribution in [3.8, 4) is 0 Å². The van der Waals surface area contributed by atoms with Crippen LogP contribution in [0.25, 0.3) is 0 Å². The van der Waals surface area contributed by atoms with E-state index in [1.54, 1.807) is 0 Å². The molecular weight excluding hydrogens is 321 g/mol. The normalized spacial score (nSPS) is 11.5. The molecule has 90 valence electrons. The predicted molar refractivity (Wildman–Crippen MR) is 71.8 cm³/mol. The fraction of sp³-hybridized carbons (Fsp3) is 0.600. The minimum atomic E-state index is -0.276. The number of halogens is 1. The zero-order chi connectivity index (χ0) is 12.2. The topological polar surface area (TPSA) is 67.0 Å². The van der Waals surface area contributed by atoms with Crippen LogP contribution in [0.2, 0.25) is 0 Å². The molecule has 0 saturated heterocycles. The van der Waals surface area contributed by atoms with Crippen molar-refractivity contribution in [3.63, 3.8) is 0 Å². The standard InChI is InChI=1S/C10H16IN3O2/c1-4-16-10(2,3)5-12-8-7(11)9(15)14-6-13-8/h6H,4-5H2,1-3H3,(H2,12,13,14,15). The van der Waals surface area contributed by atoms with Crippen LogP contribution in [0.4, 0.5) is 5.82 Å². The molecule has 0 bridgehead atoms. The van der Waals surface area contributed by atoms with Gasteiger partial charge in [0, 0.05) is 13.2 Å². The Labute approximate surface area is 108 Å². The summed E-state index contributed by atoms with van der Waals surface area (Å²) in [5.41, 5.74) is -0.408. The monoisotopic (exact) mass is 337 g/mol. The van der Waals surface area contributed by atoms with Crippen molar-refractivity contribution >= 4 is 28.4 Å². The van der Waals surface area contributed by atoms with Crippen LogP contribution in [0.1, 0.15) is 20.8 Å². The van der Waals surface area contributed by atoms with E-state index in [4.69, 9.17) is 4.74 Å². The third-order valence-electron chi connectivity index (χ3n) is 2.01. The lowest BCUT2D eigenvalue weighted by molar-refractivity contribution is 0.000628. The van der Waals surface area contributed by atoms with Crippen LogP contribution in [0.5, 0.6) is 0 Å². The van der Waals surface area contributed by atoms with Crippen molar-refractivity contribution in [2.45, 2.75) is 26.4 Å². The number of anilines is 1. The fourth-order valence-electron chi connectivity index (χ4n) is 1.24. The minimum absolute atomic E-state index is 0.132. The highest BCUT2D eigenvalue weighted by molar-refractivity contribution is 14.1. The van der Waals surface area contributed by atoms with E-state index in [2.05, 4.69) is 15.3 Å². The molecule has 1 aromatic heterocycles. The van der Waals surface area contributed by atoms with Gasteiger partial charge >= 0.3 is 0 Å². The molecule has 0 unspecified atom stereocenters. The van der Waals surface area contributed by atoms with Crippen LogP contribution in [0.3, 0.4) is 0 Å².